The van der Waals surface area contributed by atoms with Crippen LogP contribution in [0.1, 0.15) is 60.0 Å². The maximum Gasteiger partial charge on any atom is 0.328 e. The third-order valence-corrected chi connectivity index (χ3v) is 5.57. The van der Waals surface area contributed by atoms with Crippen LogP contribution in [0.15, 0.2) is 12.1 Å². The molecule has 1 fully saturated rings. The molecule has 138 valence electrons. The Morgan fingerprint density at radius 1 is 1.24 bits per heavy atom. The van der Waals surface area contributed by atoms with E-state index in [0.717, 1.165) is 17.7 Å². The highest BCUT2D eigenvalue weighted by Crippen LogP contribution is 2.28. The summed E-state index contributed by atoms with van der Waals surface area (Å²) in [6.07, 6.45) is 6.45. The summed E-state index contributed by atoms with van der Waals surface area (Å²) in [7, 11) is 1.35. The molecule has 1 aromatic rings. The summed E-state index contributed by atoms with van der Waals surface area (Å²) in [4.78, 5) is 36.9. The van der Waals surface area contributed by atoms with Gasteiger partial charge >= 0.3 is 5.97 Å². The molecule has 0 aliphatic heterocycles. The SMILES string of the molecule is COC(=O)C(CC1CCCCC1)NC(=O)c1ccc(CNC(C)=O)s1. The molecule has 1 unspecified atom stereocenters. The normalized spacial score (nSPS) is 16.1. The maximum absolute atomic E-state index is 12.5. The molecule has 25 heavy (non-hydrogen) atoms. The average molecular weight is 366 g/mol. The Hall–Kier alpha value is -1.89. The monoisotopic (exact) mass is 366 g/mol. The van der Waals surface area contributed by atoms with E-state index in [1.807, 2.05) is 6.07 Å². The number of thiophene rings is 1. The standard InChI is InChI=1S/C18H26N2O4S/c1-12(21)19-11-14-8-9-16(25-14)17(22)20-15(18(23)24-2)10-13-6-4-3-5-7-13/h8-9,13,15H,3-7,10-11H2,1-2H3,(H,19,21)(H,20,22). The minimum Gasteiger partial charge on any atom is -0.467 e. The lowest BCUT2D eigenvalue weighted by atomic mass is 9.85. The van der Waals surface area contributed by atoms with Crippen molar-refractivity contribution in [3.8, 4) is 0 Å². The van der Waals surface area contributed by atoms with E-state index in [4.69, 9.17) is 4.74 Å². The molecule has 0 radical (unpaired) electrons. The van der Waals surface area contributed by atoms with Crippen LogP contribution in [0.5, 0.6) is 0 Å². The molecule has 2 N–H and O–H groups in total. The van der Waals surface area contributed by atoms with Gasteiger partial charge in [-0.3, -0.25) is 9.59 Å². The lowest BCUT2D eigenvalue weighted by Gasteiger charge is -2.25. The average Bonchev–Trinajstić information content (AvgIpc) is 3.08. The number of ether oxygens (including phenoxy) is 1. The molecular formula is C18H26N2O4S. The van der Waals surface area contributed by atoms with Crippen molar-refractivity contribution in [2.45, 2.75) is 58.0 Å². The van der Waals surface area contributed by atoms with Crippen molar-refractivity contribution < 1.29 is 19.1 Å². The van der Waals surface area contributed by atoms with Gasteiger partial charge in [0, 0.05) is 11.8 Å². The fourth-order valence-electron chi connectivity index (χ4n) is 3.15. The lowest BCUT2D eigenvalue weighted by Crippen LogP contribution is -2.42. The Morgan fingerprint density at radius 3 is 2.60 bits per heavy atom. The summed E-state index contributed by atoms with van der Waals surface area (Å²) in [5.74, 6) is -0.325. The van der Waals surface area contributed by atoms with Crippen molar-refractivity contribution in [1.82, 2.24) is 10.6 Å². The molecule has 1 saturated carbocycles. The second-order valence-corrected chi connectivity index (χ2v) is 7.63. The van der Waals surface area contributed by atoms with E-state index >= 15 is 0 Å². The molecule has 2 rings (SSSR count). The smallest absolute Gasteiger partial charge is 0.328 e. The topological polar surface area (TPSA) is 84.5 Å². The molecule has 6 nitrogen and oxygen atoms in total. The van der Waals surface area contributed by atoms with Crippen LogP contribution in [0.3, 0.4) is 0 Å². The van der Waals surface area contributed by atoms with Gasteiger partial charge in [0.05, 0.1) is 18.5 Å². The zero-order chi connectivity index (χ0) is 18.2. The van der Waals surface area contributed by atoms with Gasteiger partial charge in [0.2, 0.25) is 5.91 Å². The zero-order valence-corrected chi connectivity index (χ0v) is 15.6. The van der Waals surface area contributed by atoms with Gasteiger partial charge in [-0.05, 0) is 24.5 Å². The minimum atomic E-state index is -0.610. The first-order valence-corrected chi connectivity index (χ1v) is 9.53. The van der Waals surface area contributed by atoms with Gasteiger partial charge in [0.25, 0.3) is 5.91 Å². The Morgan fingerprint density at radius 2 is 1.96 bits per heavy atom. The van der Waals surface area contributed by atoms with E-state index in [1.54, 1.807) is 6.07 Å². The first kappa shape index (κ1) is 19.4. The number of methoxy groups -OCH3 is 1. The number of nitrogens with one attached hydrogen (secondary N) is 2. The van der Waals surface area contributed by atoms with E-state index in [2.05, 4.69) is 10.6 Å². The zero-order valence-electron chi connectivity index (χ0n) is 14.8. The fourth-order valence-corrected chi connectivity index (χ4v) is 4.00. The Balaban J connectivity index is 1.95. The third kappa shape index (κ3) is 6.16. The highest BCUT2D eigenvalue weighted by Gasteiger charge is 2.27. The van der Waals surface area contributed by atoms with Gasteiger partial charge in [-0.25, -0.2) is 4.79 Å². The number of carbonyl (C=O) groups excluding carboxylic acids is 3. The van der Waals surface area contributed by atoms with Crippen molar-refractivity contribution >= 4 is 29.1 Å². The first-order chi connectivity index (χ1) is 12.0. The van der Waals surface area contributed by atoms with Crippen LogP contribution in [-0.4, -0.2) is 30.9 Å². The van der Waals surface area contributed by atoms with Gasteiger partial charge in [0.1, 0.15) is 6.04 Å². The second kappa shape index (κ2) is 9.56. The van der Waals surface area contributed by atoms with Crippen molar-refractivity contribution in [2.24, 2.45) is 5.92 Å². The maximum atomic E-state index is 12.5. The second-order valence-electron chi connectivity index (χ2n) is 6.46. The number of esters is 1. The minimum absolute atomic E-state index is 0.113. The van der Waals surface area contributed by atoms with Gasteiger partial charge in [0.15, 0.2) is 0 Å². The quantitative estimate of drug-likeness (QED) is 0.727. The van der Waals surface area contributed by atoms with Gasteiger partial charge in [-0.2, -0.15) is 0 Å². The predicted molar refractivity (Wildman–Crippen MR) is 96.3 cm³/mol. The van der Waals surface area contributed by atoms with E-state index in [-0.39, 0.29) is 11.8 Å². The van der Waals surface area contributed by atoms with Gasteiger partial charge in [-0.15, -0.1) is 11.3 Å². The van der Waals surface area contributed by atoms with Crippen LogP contribution in [0.25, 0.3) is 0 Å². The van der Waals surface area contributed by atoms with Crippen LogP contribution in [0.4, 0.5) is 0 Å². The first-order valence-electron chi connectivity index (χ1n) is 8.71. The van der Waals surface area contributed by atoms with Crippen molar-refractivity contribution in [1.29, 1.82) is 0 Å². The Bertz CT molecular complexity index is 608. The summed E-state index contributed by atoms with van der Waals surface area (Å²) in [5.41, 5.74) is 0. The molecule has 0 aromatic carbocycles. The van der Waals surface area contributed by atoms with Crippen LogP contribution in [-0.2, 0) is 20.9 Å². The fraction of sp³-hybridized carbons (Fsp3) is 0.611. The molecule has 1 aliphatic carbocycles. The van der Waals surface area contributed by atoms with Gasteiger partial charge in [-0.1, -0.05) is 32.1 Å². The summed E-state index contributed by atoms with van der Waals surface area (Å²) in [6, 6.07) is 2.91. The Kier molecular flexibility index (Phi) is 7.43. The van der Waals surface area contributed by atoms with E-state index in [1.165, 1.54) is 44.6 Å². The summed E-state index contributed by atoms with van der Waals surface area (Å²) < 4.78 is 4.86. The number of rotatable bonds is 7. The number of hydrogen-bond donors (Lipinski definition) is 2. The molecule has 1 aromatic heterocycles. The van der Waals surface area contributed by atoms with Crippen LogP contribution in [0, 0.1) is 5.92 Å². The predicted octanol–water partition coefficient (Wildman–Crippen LogP) is 2.63. The van der Waals surface area contributed by atoms with E-state index in [9.17, 15) is 14.4 Å². The van der Waals surface area contributed by atoms with Crippen molar-refractivity contribution in [3.63, 3.8) is 0 Å². The molecule has 0 saturated heterocycles. The number of hydrogen-bond acceptors (Lipinski definition) is 5. The number of amides is 2. The summed E-state index contributed by atoms with van der Waals surface area (Å²) >= 11 is 1.31. The van der Waals surface area contributed by atoms with Crippen LogP contribution >= 0.6 is 11.3 Å². The van der Waals surface area contributed by atoms with Crippen molar-refractivity contribution in [3.05, 3.63) is 21.9 Å². The van der Waals surface area contributed by atoms with Crippen LogP contribution < -0.4 is 10.6 Å². The lowest BCUT2D eigenvalue weighted by molar-refractivity contribution is -0.143. The third-order valence-electron chi connectivity index (χ3n) is 4.48. The summed E-state index contributed by atoms with van der Waals surface area (Å²) in [6.45, 7) is 1.85. The largest absolute Gasteiger partial charge is 0.467 e. The van der Waals surface area contributed by atoms with E-state index in [0.29, 0.717) is 23.8 Å². The molecule has 7 heteroatoms. The molecule has 1 aliphatic rings. The molecule has 1 atom stereocenters. The number of carbonyl (C=O) groups is 3. The van der Waals surface area contributed by atoms with Crippen molar-refractivity contribution in [2.75, 3.05) is 7.11 Å². The van der Waals surface area contributed by atoms with E-state index < -0.39 is 12.0 Å². The molecule has 0 spiro atoms. The molecular weight excluding hydrogens is 340 g/mol. The Labute approximate surface area is 152 Å². The highest BCUT2D eigenvalue weighted by atomic mass is 32.1. The molecule has 1 heterocycles. The van der Waals surface area contributed by atoms with Gasteiger partial charge < -0.3 is 15.4 Å². The highest BCUT2D eigenvalue weighted by molar-refractivity contribution is 7.14. The molecule has 0 bridgehead atoms. The van der Waals surface area contributed by atoms with Crippen LogP contribution in [0.2, 0.25) is 0 Å². The summed E-state index contributed by atoms with van der Waals surface area (Å²) in [5, 5.41) is 5.52. The molecule has 2 amide bonds.